The molecule has 1 amide bonds. The van der Waals surface area contributed by atoms with Crippen molar-refractivity contribution in [3.8, 4) is 11.3 Å². The predicted molar refractivity (Wildman–Crippen MR) is 111 cm³/mol. The molecule has 5 heteroatoms. The quantitative estimate of drug-likeness (QED) is 0.640. The van der Waals surface area contributed by atoms with Crippen LogP contribution in [0.25, 0.3) is 11.3 Å². The smallest absolute Gasteiger partial charge is 0.254 e. The molecule has 4 nitrogen and oxygen atoms in total. The molecule has 28 heavy (non-hydrogen) atoms. The van der Waals surface area contributed by atoms with Gasteiger partial charge in [0.2, 0.25) is 0 Å². The van der Waals surface area contributed by atoms with E-state index in [2.05, 4.69) is 6.92 Å². The van der Waals surface area contributed by atoms with Crippen LogP contribution in [0.3, 0.4) is 0 Å². The Morgan fingerprint density at radius 2 is 1.86 bits per heavy atom. The summed E-state index contributed by atoms with van der Waals surface area (Å²) in [5.41, 5.74) is 5.74. The van der Waals surface area contributed by atoms with Crippen molar-refractivity contribution in [3.05, 3.63) is 81.8 Å². The van der Waals surface area contributed by atoms with E-state index in [1.54, 1.807) is 0 Å². The summed E-state index contributed by atoms with van der Waals surface area (Å²) in [6.07, 6.45) is 1.52. The molecule has 0 radical (unpaired) electrons. The van der Waals surface area contributed by atoms with Crippen molar-refractivity contribution in [2.24, 2.45) is 0 Å². The molecular formula is C23H22ClN3O. The summed E-state index contributed by atoms with van der Waals surface area (Å²) in [7, 11) is 0. The summed E-state index contributed by atoms with van der Waals surface area (Å²) >= 11 is 6.06. The number of carbonyl (C=O) groups is 1. The number of aryl methyl sites for hydroxylation is 2. The van der Waals surface area contributed by atoms with Crippen molar-refractivity contribution in [3.63, 3.8) is 0 Å². The Labute approximate surface area is 170 Å². The lowest BCUT2D eigenvalue weighted by atomic mass is 9.98. The van der Waals surface area contributed by atoms with Gasteiger partial charge in [-0.2, -0.15) is 0 Å². The third-order valence-electron chi connectivity index (χ3n) is 5.20. The minimum Gasteiger partial charge on any atom is -0.334 e. The Hall–Kier alpha value is -2.72. The molecule has 0 unspecified atom stereocenters. The van der Waals surface area contributed by atoms with Gasteiger partial charge in [-0.3, -0.25) is 4.79 Å². The number of rotatable bonds is 3. The molecule has 1 aliphatic heterocycles. The predicted octanol–water partition coefficient (Wildman–Crippen LogP) is 4.87. The van der Waals surface area contributed by atoms with Crippen LogP contribution in [0.4, 0.5) is 0 Å². The molecule has 0 saturated carbocycles. The van der Waals surface area contributed by atoms with E-state index in [0.29, 0.717) is 18.1 Å². The standard InChI is InChI=1S/C23H22ClN3O/c1-3-21-25-20-12-13-27(23(28)18-7-5-4-6-15(18)2)14-19(20)22(26-21)16-8-10-17(24)11-9-16/h4-11H,3,12-14H2,1-2H3. The molecule has 0 aliphatic carbocycles. The zero-order chi connectivity index (χ0) is 19.7. The van der Waals surface area contributed by atoms with Crippen molar-refractivity contribution in [1.82, 2.24) is 14.9 Å². The normalized spacial score (nSPS) is 13.3. The van der Waals surface area contributed by atoms with E-state index in [0.717, 1.165) is 52.3 Å². The topological polar surface area (TPSA) is 46.1 Å². The molecule has 0 saturated heterocycles. The molecule has 0 spiro atoms. The number of nitrogens with zero attached hydrogens (tertiary/aromatic N) is 3. The van der Waals surface area contributed by atoms with Gasteiger partial charge in [-0.1, -0.05) is 48.9 Å². The Morgan fingerprint density at radius 3 is 2.57 bits per heavy atom. The maximum absolute atomic E-state index is 13.1. The highest BCUT2D eigenvalue weighted by Crippen LogP contribution is 2.30. The number of halogens is 1. The largest absolute Gasteiger partial charge is 0.334 e. The molecule has 0 atom stereocenters. The third kappa shape index (κ3) is 3.52. The maximum atomic E-state index is 13.1. The lowest BCUT2D eigenvalue weighted by molar-refractivity contribution is 0.0733. The minimum absolute atomic E-state index is 0.0605. The monoisotopic (exact) mass is 391 g/mol. The van der Waals surface area contributed by atoms with E-state index in [4.69, 9.17) is 21.6 Å². The van der Waals surface area contributed by atoms with E-state index in [1.807, 2.05) is 60.4 Å². The molecule has 4 rings (SSSR count). The van der Waals surface area contributed by atoms with Gasteiger partial charge in [0, 0.05) is 47.6 Å². The van der Waals surface area contributed by atoms with Crippen LogP contribution in [-0.4, -0.2) is 27.3 Å². The van der Waals surface area contributed by atoms with Crippen LogP contribution >= 0.6 is 11.6 Å². The summed E-state index contributed by atoms with van der Waals surface area (Å²) in [4.78, 5) is 24.6. The van der Waals surface area contributed by atoms with Gasteiger partial charge in [0.1, 0.15) is 5.82 Å². The average molecular weight is 392 g/mol. The summed E-state index contributed by atoms with van der Waals surface area (Å²) < 4.78 is 0. The van der Waals surface area contributed by atoms with Gasteiger partial charge >= 0.3 is 0 Å². The van der Waals surface area contributed by atoms with Gasteiger partial charge in [-0.15, -0.1) is 0 Å². The first-order chi connectivity index (χ1) is 13.6. The van der Waals surface area contributed by atoms with E-state index in [1.165, 1.54) is 0 Å². The summed E-state index contributed by atoms with van der Waals surface area (Å²) in [6.45, 7) is 5.22. The van der Waals surface area contributed by atoms with Gasteiger partial charge < -0.3 is 4.90 Å². The Bertz CT molecular complexity index is 1030. The molecular weight excluding hydrogens is 370 g/mol. The minimum atomic E-state index is 0.0605. The number of hydrogen-bond donors (Lipinski definition) is 0. The molecule has 1 aliphatic rings. The van der Waals surface area contributed by atoms with Crippen LogP contribution in [0, 0.1) is 6.92 Å². The van der Waals surface area contributed by atoms with Gasteiger partial charge in [-0.05, 0) is 30.7 Å². The van der Waals surface area contributed by atoms with E-state index < -0.39 is 0 Å². The lowest BCUT2D eigenvalue weighted by Crippen LogP contribution is -2.37. The van der Waals surface area contributed by atoms with Crippen molar-refractivity contribution in [2.45, 2.75) is 33.2 Å². The molecule has 142 valence electrons. The number of fused-ring (bicyclic) bond motifs is 1. The Kier molecular flexibility index (Phi) is 5.14. The third-order valence-corrected chi connectivity index (χ3v) is 5.46. The van der Waals surface area contributed by atoms with Gasteiger partial charge in [0.25, 0.3) is 5.91 Å². The van der Waals surface area contributed by atoms with Crippen molar-refractivity contribution in [2.75, 3.05) is 6.54 Å². The molecule has 1 aromatic heterocycles. The van der Waals surface area contributed by atoms with E-state index >= 15 is 0 Å². The van der Waals surface area contributed by atoms with Gasteiger partial charge in [-0.25, -0.2) is 9.97 Å². The first-order valence-corrected chi connectivity index (χ1v) is 9.94. The van der Waals surface area contributed by atoms with Crippen LogP contribution in [0.2, 0.25) is 5.02 Å². The fourth-order valence-electron chi connectivity index (χ4n) is 3.63. The molecule has 0 bridgehead atoms. The SMILES string of the molecule is CCc1nc2c(c(-c3ccc(Cl)cc3)n1)CN(C(=O)c1ccccc1C)CC2. The molecule has 0 fully saturated rings. The Balaban J connectivity index is 1.74. The van der Waals surface area contributed by atoms with Crippen LogP contribution in [0.5, 0.6) is 0 Å². The second kappa shape index (κ2) is 7.72. The van der Waals surface area contributed by atoms with Crippen LogP contribution in [0.15, 0.2) is 48.5 Å². The number of benzene rings is 2. The maximum Gasteiger partial charge on any atom is 0.254 e. The number of hydrogen-bond acceptors (Lipinski definition) is 3. The number of carbonyl (C=O) groups excluding carboxylic acids is 1. The molecule has 0 N–H and O–H groups in total. The second-order valence-corrected chi connectivity index (χ2v) is 7.50. The zero-order valence-electron chi connectivity index (χ0n) is 16.1. The fourth-order valence-corrected chi connectivity index (χ4v) is 3.75. The first-order valence-electron chi connectivity index (χ1n) is 9.56. The highest BCUT2D eigenvalue weighted by molar-refractivity contribution is 6.30. The van der Waals surface area contributed by atoms with Gasteiger partial charge in [0.05, 0.1) is 11.4 Å². The van der Waals surface area contributed by atoms with Crippen molar-refractivity contribution < 1.29 is 4.79 Å². The number of amides is 1. The van der Waals surface area contributed by atoms with Crippen molar-refractivity contribution >= 4 is 17.5 Å². The first kappa shape index (κ1) is 18.6. The lowest BCUT2D eigenvalue weighted by Gasteiger charge is -2.30. The fraction of sp³-hybridized carbons (Fsp3) is 0.261. The average Bonchev–Trinajstić information content (AvgIpc) is 2.73. The second-order valence-electron chi connectivity index (χ2n) is 7.07. The summed E-state index contributed by atoms with van der Waals surface area (Å²) in [5, 5.41) is 0.693. The van der Waals surface area contributed by atoms with Gasteiger partial charge in [0.15, 0.2) is 0 Å². The van der Waals surface area contributed by atoms with Crippen LogP contribution in [-0.2, 0) is 19.4 Å². The van der Waals surface area contributed by atoms with Crippen molar-refractivity contribution in [1.29, 1.82) is 0 Å². The highest BCUT2D eigenvalue weighted by Gasteiger charge is 2.27. The van der Waals surface area contributed by atoms with Crippen LogP contribution in [0.1, 0.15) is 39.9 Å². The summed E-state index contributed by atoms with van der Waals surface area (Å²) in [6, 6.07) is 15.4. The molecule has 2 heterocycles. The highest BCUT2D eigenvalue weighted by atomic mass is 35.5. The molecule has 2 aromatic carbocycles. The zero-order valence-corrected chi connectivity index (χ0v) is 16.8. The Morgan fingerprint density at radius 1 is 1.11 bits per heavy atom. The summed E-state index contributed by atoms with van der Waals surface area (Å²) in [5.74, 6) is 0.896. The van der Waals surface area contributed by atoms with Crippen LogP contribution < -0.4 is 0 Å². The van der Waals surface area contributed by atoms with E-state index in [9.17, 15) is 4.79 Å². The number of aromatic nitrogens is 2. The molecule has 3 aromatic rings. The van der Waals surface area contributed by atoms with E-state index in [-0.39, 0.29) is 5.91 Å².